The van der Waals surface area contributed by atoms with Crippen molar-refractivity contribution in [2.45, 2.75) is 29.4 Å². The molecular weight excluding hydrogens is 470 g/mol. The van der Waals surface area contributed by atoms with E-state index in [0.29, 0.717) is 16.9 Å². The van der Waals surface area contributed by atoms with Crippen LogP contribution in [0.1, 0.15) is 18.1 Å². The van der Waals surface area contributed by atoms with Crippen molar-refractivity contribution in [3.63, 3.8) is 0 Å². The fourth-order valence-electron chi connectivity index (χ4n) is 3.40. The average Bonchev–Trinajstić information content (AvgIpc) is 2.80. The van der Waals surface area contributed by atoms with Gasteiger partial charge in [0, 0.05) is 35.1 Å². The predicted molar refractivity (Wildman–Crippen MR) is 124 cm³/mol. The summed E-state index contributed by atoms with van der Waals surface area (Å²) in [6.45, 7) is 1.60. The van der Waals surface area contributed by atoms with Crippen molar-refractivity contribution >= 4 is 41.7 Å². The van der Waals surface area contributed by atoms with Gasteiger partial charge in [0.25, 0.3) is 17.4 Å². The maximum atomic E-state index is 14.1. The summed E-state index contributed by atoms with van der Waals surface area (Å²) in [7, 11) is 0. The number of amides is 2. The Hall–Kier alpha value is -3.04. The van der Waals surface area contributed by atoms with Gasteiger partial charge in [0.1, 0.15) is 12.1 Å². The van der Waals surface area contributed by atoms with Crippen LogP contribution in [-0.2, 0) is 21.5 Å². The van der Waals surface area contributed by atoms with Gasteiger partial charge >= 0.3 is 0 Å². The van der Waals surface area contributed by atoms with Crippen molar-refractivity contribution in [2.75, 3.05) is 11.4 Å². The zero-order valence-electron chi connectivity index (χ0n) is 17.6. The van der Waals surface area contributed by atoms with Gasteiger partial charge in [0.05, 0.1) is 0 Å². The summed E-state index contributed by atoms with van der Waals surface area (Å²) in [5.41, 5.74) is -2.99. The number of nitrogens with one attached hydrogen (secondary N) is 1. The van der Waals surface area contributed by atoms with E-state index in [9.17, 15) is 18.4 Å². The maximum absolute atomic E-state index is 14.1. The molecule has 0 spiro atoms. The molecule has 3 rings (SSSR count). The summed E-state index contributed by atoms with van der Waals surface area (Å²) < 4.78 is 27.5. The largest absolute Gasteiger partial charge is 0.353 e. The van der Waals surface area contributed by atoms with Crippen LogP contribution in [0.3, 0.4) is 0 Å². The molecule has 0 aliphatic heterocycles. The minimum atomic E-state index is -2.40. The summed E-state index contributed by atoms with van der Waals surface area (Å²) in [6, 6.07) is 12.3. The first-order valence-corrected chi connectivity index (χ1v) is 10.8. The molecule has 33 heavy (non-hydrogen) atoms. The Morgan fingerprint density at radius 2 is 1.85 bits per heavy atom. The lowest BCUT2D eigenvalue weighted by Crippen LogP contribution is -2.58. The first-order chi connectivity index (χ1) is 15.7. The van der Waals surface area contributed by atoms with Gasteiger partial charge in [-0.2, -0.15) is 0 Å². The number of hydrogen-bond acceptors (Lipinski definition) is 5. The summed E-state index contributed by atoms with van der Waals surface area (Å²) >= 11 is 9.76. The van der Waals surface area contributed by atoms with E-state index in [-0.39, 0.29) is 23.6 Å². The van der Waals surface area contributed by atoms with Gasteiger partial charge < -0.3 is 5.32 Å². The second-order valence-electron chi connectivity index (χ2n) is 7.33. The smallest absolute Gasteiger partial charge is 0.278 e. The molecule has 0 saturated carbocycles. The Bertz CT molecular complexity index is 1120. The van der Waals surface area contributed by atoms with E-state index in [0.717, 1.165) is 4.90 Å². The molecule has 0 bridgehead atoms. The lowest BCUT2D eigenvalue weighted by atomic mass is 9.89. The Labute approximate surface area is 200 Å². The van der Waals surface area contributed by atoms with Gasteiger partial charge in [0.15, 0.2) is 5.54 Å². The lowest BCUT2D eigenvalue weighted by molar-refractivity contribution is -0.131. The molecule has 0 radical (unpaired) electrons. The van der Waals surface area contributed by atoms with Gasteiger partial charge in [-0.1, -0.05) is 23.7 Å². The first-order valence-electron chi connectivity index (χ1n) is 9.93. The molecule has 0 aliphatic rings. The number of rotatable bonds is 8. The molecule has 0 saturated heterocycles. The Kier molecular flexibility index (Phi) is 7.99. The molecule has 2 aromatic carbocycles. The number of halogens is 3. The number of hydrogen-bond donors (Lipinski definition) is 2. The van der Waals surface area contributed by atoms with E-state index in [1.54, 1.807) is 24.3 Å². The lowest BCUT2D eigenvalue weighted by Gasteiger charge is -2.40. The normalized spacial score (nSPS) is 13.6. The third-order valence-electron chi connectivity index (χ3n) is 5.12. The van der Waals surface area contributed by atoms with Crippen LogP contribution in [0.5, 0.6) is 0 Å². The highest BCUT2D eigenvalue weighted by atomic mass is 35.5. The number of nitrogens with zero attached hydrogens (tertiary/aromatic N) is 3. The van der Waals surface area contributed by atoms with Crippen molar-refractivity contribution < 1.29 is 18.4 Å². The molecule has 3 aromatic rings. The zero-order valence-corrected chi connectivity index (χ0v) is 19.2. The Balaban J connectivity index is 1.99. The highest BCUT2D eigenvalue weighted by Crippen LogP contribution is 2.35. The van der Waals surface area contributed by atoms with Crippen LogP contribution in [0.25, 0.3) is 0 Å². The molecule has 1 heterocycles. The second kappa shape index (κ2) is 10.7. The highest BCUT2D eigenvalue weighted by molar-refractivity contribution is 7.80. The average molecular weight is 491 g/mol. The minimum absolute atomic E-state index is 0.142. The number of alkyl halides is 2. The van der Waals surface area contributed by atoms with E-state index in [1.165, 1.54) is 49.9 Å². The maximum Gasteiger partial charge on any atom is 0.278 e. The highest BCUT2D eigenvalue weighted by Gasteiger charge is 2.46. The molecule has 0 fully saturated rings. The molecule has 6 nitrogen and oxygen atoms in total. The van der Waals surface area contributed by atoms with Crippen molar-refractivity contribution in [3.05, 3.63) is 84.2 Å². The minimum Gasteiger partial charge on any atom is -0.353 e. The molecule has 10 heteroatoms. The number of anilines is 1. The summed E-state index contributed by atoms with van der Waals surface area (Å²) in [6.07, 6.45) is 4.35. The van der Waals surface area contributed by atoms with E-state index >= 15 is 0 Å². The van der Waals surface area contributed by atoms with Crippen LogP contribution in [-0.4, -0.2) is 34.0 Å². The van der Waals surface area contributed by atoms with Gasteiger partial charge in [-0.15, -0.1) is 12.6 Å². The van der Waals surface area contributed by atoms with E-state index in [1.807, 2.05) is 0 Å². The van der Waals surface area contributed by atoms with E-state index in [4.69, 9.17) is 11.6 Å². The van der Waals surface area contributed by atoms with Crippen molar-refractivity contribution in [1.82, 2.24) is 15.3 Å². The summed E-state index contributed by atoms with van der Waals surface area (Å²) in [5, 5.41) is 2.75. The zero-order chi connectivity index (χ0) is 24.0. The quantitative estimate of drug-likeness (QED) is 0.369. The first kappa shape index (κ1) is 24.6. The van der Waals surface area contributed by atoms with Crippen LogP contribution in [0, 0.1) is 5.82 Å². The van der Waals surface area contributed by atoms with Crippen LogP contribution < -0.4 is 10.2 Å². The Morgan fingerprint density at radius 3 is 2.45 bits per heavy atom. The molecule has 2 atom stereocenters. The SMILES string of the molecule is C[C@](C(=O)NCCc1cccc(F)c1)(c1cncnc1)N(C(=O)[C@H](F)Cl)c1ccc(S)cc1. The van der Waals surface area contributed by atoms with Gasteiger partial charge in [0.2, 0.25) is 0 Å². The van der Waals surface area contributed by atoms with Crippen LogP contribution >= 0.6 is 24.2 Å². The Morgan fingerprint density at radius 1 is 1.18 bits per heavy atom. The third kappa shape index (κ3) is 5.66. The van der Waals surface area contributed by atoms with Crippen LogP contribution in [0.15, 0.2) is 72.1 Å². The van der Waals surface area contributed by atoms with E-state index in [2.05, 4.69) is 27.9 Å². The fraction of sp³-hybridized carbons (Fsp3) is 0.217. The topological polar surface area (TPSA) is 75.2 Å². The molecule has 2 amide bonds. The standard InChI is InChI=1S/C23H21ClF2N4O2S/c1-23(16-12-27-14-28-13-16,22(32)29-10-9-15-3-2-4-17(25)11-15)30(21(31)20(24)26)18-5-7-19(33)8-6-18/h2-8,11-14,20,33H,9-10H2,1H3,(H,29,32)/t20-,23+/m0/s1. The van der Waals surface area contributed by atoms with Crippen molar-refractivity contribution in [2.24, 2.45) is 0 Å². The fourth-order valence-corrected chi connectivity index (χ4v) is 3.65. The monoisotopic (exact) mass is 490 g/mol. The molecule has 0 unspecified atom stereocenters. The molecule has 172 valence electrons. The molecule has 1 N–H and O–H groups in total. The number of thiol groups is 1. The number of carbonyl (C=O) groups excluding carboxylic acids is 2. The molecule has 0 aliphatic carbocycles. The number of benzene rings is 2. The molecular formula is C23H21ClF2N4O2S. The predicted octanol–water partition coefficient (Wildman–Crippen LogP) is 4.05. The van der Waals surface area contributed by atoms with Crippen LogP contribution in [0.4, 0.5) is 14.5 Å². The number of carbonyl (C=O) groups is 2. The van der Waals surface area contributed by atoms with Gasteiger partial charge in [-0.05, 0) is 55.3 Å². The van der Waals surface area contributed by atoms with Gasteiger partial charge in [-0.3, -0.25) is 14.5 Å². The van der Waals surface area contributed by atoms with Crippen molar-refractivity contribution in [3.8, 4) is 0 Å². The summed E-state index contributed by atoms with van der Waals surface area (Å²) in [4.78, 5) is 35.9. The molecule has 1 aromatic heterocycles. The van der Waals surface area contributed by atoms with Crippen molar-refractivity contribution in [1.29, 1.82) is 0 Å². The number of aromatic nitrogens is 2. The van der Waals surface area contributed by atoms with Crippen LogP contribution in [0.2, 0.25) is 0 Å². The van der Waals surface area contributed by atoms with Gasteiger partial charge in [-0.25, -0.2) is 18.7 Å². The summed E-state index contributed by atoms with van der Waals surface area (Å²) in [5.74, 6) is -2.13. The van der Waals surface area contributed by atoms with E-state index < -0.39 is 23.0 Å². The third-order valence-corrected chi connectivity index (χ3v) is 5.60. The second-order valence-corrected chi connectivity index (χ2v) is 8.23.